The number of amides is 2. The number of hydrogen-bond acceptors (Lipinski definition) is 3. The first-order valence-electron chi connectivity index (χ1n) is 12.8. The van der Waals surface area contributed by atoms with Crippen molar-refractivity contribution in [2.24, 2.45) is 0 Å². The number of nitrogens with zero attached hydrogens (tertiary/aromatic N) is 2. The molecule has 2 amide bonds. The van der Waals surface area contributed by atoms with E-state index in [4.69, 9.17) is 5.10 Å². The second-order valence-electron chi connectivity index (χ2n) is 9.47. The van der Waals surface area contributed by atoms with Gasteiger partial charge in [0.2, 0.25) is 11.8 Å². The Morgan fingerprint density at radius 1 is 0.865 bits per heavy atom. The van der Waals surface area contributed by atoms with E-state index < -0.39 is 0 Å². The fourth-order valence-corrected chi connectivity index (χ4v) is 4.41. The summed E-state index contributed by atoms with van der Waals surface area (Å²) < 4.78 is 1.77. The van der Waals surface area contributed by atoms with Crippen LogP contribution in [-0.4, -0.2) is 27.6 Å². The summed E-state index contributed by atoms with van der Waals surface area (Å²) in [6, 6.07) is 28.1. The Labute approximate surface area is 218 Å². The molecule has 2 N–H and O–H groups in total. The average Bonchev–Trinajstić information content (AvgIpc) is 3.22. The maximum absolute atomic E-state index is 13.0. The molecule has 37 heavy (non-hydrogen) atoms. The highest BCUT2D eigenvalue weighted by molar-refractivity contribution is 5.97. The molecule has 4 rings (SSSR count). The predicted octanol–water partition coefficient (Wildman–Crippen LogP) is 6.01. The quantitative estimate of drug-likeness (QED) is 0.283. The van der Waals surface area contributed by atoms with Gasteiger partial charge in [-0.25, -0.2) is 4.68 Å². The SMILES string of the molecule is Cc1cccc(-n2nc(C)c(-c3ccccc3)c2NC(=O)CCC(=O)NC(C)CCc2ccccc2)c1. The lowest BCUT2D eigenvalue weighted by molar-refractivity contribution is -0.124. The van der Waals surface area contributed by atoms with Gasteiger partial charge in [0, 0.05) is 24.4 Å². The van der Waals surface area contributed by atoms with Crippen LogP contribution in [0, 0.1) is 13.8 Å². The van der Waals surface area contributed by atoms with Crippen LogP contribution in [-0.2, 0) is 16.0 Å². The van der Waals surface area contributed by atoms with E-state index in [0.717, 1.165) is 40.9 Å². The Morgan fingerprint density at radius 2 is 1.54 bits per heavy atom. The monoisotopic (exact) mass is 494 g/mol. The molecule has 4 aromatic rings. The van der Waals surface area contributed by atoms with Gasteiger partial charge in [0.05, 0.1) is 11.4 Å². The number of anilines is 1. The van der Waals surface area contributed by atoms with Crippen molar-refractivity contribution in [1.82, 2.24) is 15.1 Å². The number of rotatable bonds is 10. The number of hydrogen-bond donors (Lipinski definition) is 2. The highest BCUT2D eigenvalue weighted by Crippen LogP contribution is 2.33. The van der Waals surface area contributed by atoms with E-state index in [2.05, 4.69) is 22.8 Å². The average molecular weight is 495 g/mol. The molecule has 1 heterocycles. The van der Waals surface area contributed by atoms with Crippen molar-refractivity contribution in [2.45, 2.75) is 52.5 Å². The second kappa shape index (κ2) is 12.2. The summed E-state index contributed by atoms with van der Waals surface area (Å²) in [5.41, 5.74) is 5.87. The van der Waals surface area contributed by atoms with Gasteiger partial charge in [0.15, 0.2) is 0 Å². The molecule has 6 nitrogen and oxygen atoms in total. The summed E-state index contributed by atoms with van der Waals surface area (Å²) in [7, 11) is 0. The first-order chi connectivity index (χ1) is 17.9. The fourth-order valence-electron chi connectivity index (χ4n) is 4.41. The summed E-state index contributed by atoms with van der Waals surface area (Å²) in [5, 5.41) is 10.8. The maximum Gasteiger partial charge on any atom is 0.226 e. The lowest BCUT2D eigenvalue weighted by Crippen LogP contribution is -2.33. The minimum Gasteiger partial charge on any atom is -0.354 e. The summed E-state index contributed by atoms with van der Waals surface area (Å²) in [6.45, 7) is 5.96. The zero-order valence-corrected chi connectivity index (χ0v) is 21.7. The van der Waals surface area contributed by atoms with Crippen LogP contribution < -0.4 is 10.6 Å². The molecular weight excluding hydrogens is 460 g/mol. The summed E-state index contributed by atoms with van der Waals surface area (Å²) >= 11 is 0. The van der Waals surface area contributed by atoms with Gasteiger partial charge in [0.1, 0.15) is 5.82 Å². The molecule has 6 heteroatoms. The Balaban J connectivity index is 1.43. The van der Waals surface area contributed by atoms with Crippen LogP contribution in [0.3, 0.4) is 0 Å². The highest BCUT2D eigenvalue weighted by atomic mass is 16.2. The van der Waals surface area contributed by atoms with Crippen LogP contribution in [0.4, 0.5) is 5.82 Å². The van der Waals surface area contributed by atoms with Gasteiger partial charge >= 0.3 is 0 Å². The van der Waals surface area contributed by atoms with Gasteiger partial charge in [-0.3, -0.25) is 9.59 Å². The smallest absolute Gasteiger partial charge is 0.226 e. The lowest BCUT2D eigenvalue weighted by atomic mass is 10.1. The van der Waals surface area contributed by atoms with Crippen molar-refractivity contribution in [3.05, 3.63) is 102 Å². The molecule has 0 spiro atoms. The molecule has 0 saturated heterocycles. The first kappa shape index (κ1) is 25.9. The number of carbonyl (C=O) groups is 2. The van der Waals surface area contributed by atoms with Crippen molar-refractivity contribution in [2.75, 3.05) is 5.32 Å². The van der Waals surface area contributed by atoms with Gasteiger partial charge < -0.3 is 10.6 Å². The van der Waals surface area contributed by atoms with Crippen LogP contribution in [0.5, 0.6) is 0 Å². The second-order valence-corrected chi connectivity index (χ2v) is 9.47. The fraction of sp³-hybridized carbons (Fsp3) is 0.258. The molecule has 0 saturated carbocycles. The minimum atomic E-state index is -0.224. The molecule has 1 atom stereocenters. The molecule has 0 fully saturated rings. The van der Waals surface area contributed by atoms with E-state index in [1.54, 1.807) is 4.68 Å². The zero-order valence-electron chi connectivity index (χ0n) is 21.7. The largest absolute Gasteiger partial charge is 0.354 e. The molecule has 1 aromatic heterocycles. The van der Waals surface area contributed by atoms with E-state index in [-0.39, 0.29) is 30.7 Å². The van der Waals surface area contributed by atoms with E-state index in [1.165, 1.54) is 5.56 Å². The first-order valence-corrected chi connectivity index (χ1v) is 12.8. The van der Waals surface area contributed by atoms with Crippen LogP contribution in [0.15, 0.2) is 84.9 Å². The van der Waals surface area contributed by atoms with Gasteiger partial charge in [-0.2, -0.15) is 5.10 Å². The number of aromatic nitrogens is 2. The van der Waals surface area contributed by atoms with Gasteiger partial charge in [-0.15, -0.1) is 0 Å². The molecule has 0 bridgehead atoms. The Bertz CT molecular complexity index is 1350. The molecule has 1 unspecified atom stereocenters. The molecule has 190 valence electrons. The normalized spacial score (nSPS) is 11.6. The lowest BCUT2D eigenvalue weighted by Gasteiger charge is -2.15. The Morgan fingerprint density at radius 3 is 2.24 bits per heavy atom. The highest BCUT2D eigenvalue weighted by Gasteiger charge is 2.20. The van der Waals surface area contributed by atoms with Crippen molar-refractivity contribution >= 4 is 17.6 Å². The van der Waals surface area contributed by atoms with Crippen LogP contribution >= 0.6 is 0 Å². The molecular formula is C31H34N4O2. The van der Waals surface area contributed by atoms with E-state index in [9.17, 15) is 9.59 Å². The van der Waals surface area contributed by atoms with E-state index in [0.29, 0.717) is 5.82 Å². The molecule has 0 radical (unpaired) electrons. The molecule has 3 aromatic carbocycles. The van der Waals surface area contributed by atoms with Crippen LogP contribution in [0.2, 0.25) is 0 Å². The minimum absolute atomic E-state index is 0.0332. The third-order valence-electron chi connectivity index (χ3n) is 6.32. The van der Waals surface area contributed by atoms with E-state index >= 15 is 0 Å². The number of nitrogens with one attached hydrogen (secondary N) is 2. The predicted molar refractivity (Wildman–Crippen MR) is 149 cm³/mol. The number of aryl methyl sites for hydroxylation is 3. The van der Waals surface area contributed by atoms with Gasteiger partial charge in [-0.05, 0) is 62.4 Å². The Hall–Kier alpha value is -4.19. The zero-order chi connectivity index (χ0) is 26.2. The van der Waals surface area contributed by atoms with E-state index in [1.807, 2.05) is 93.6 Å². The van der Waals surface area contributed by atoms with Crippen molar-refractivity contribution in [3.63, 3.8) is 0 Å². The topological polar surface area (TPSA) is 76.0 Å². The van der Waals surface area contributed by atoms with Crippen LogP contribution in [0.25, 0.3) is 16.8 Å². The molecule has 0 aliphatic rings. The molecule has 0 aliphatic carbocycles. The number of carbonyl (C=O) groups excluding carboxylic acids is 2. The number of benzene rings is 3. The standard InChI is InChI=1S/C31H34N4O2/c1-22-11-10-16-27(21-22)35-31(30(24(3)34-35)26-14-8-5-9-15-26)33-29(37)20-19-28(36)32-23(2)17-18-25-12-6-4-7-13-25/h4-16,21,23H,17-20H2,1-3H3,(H,32,36)(H,33,37). The van der Waals surface area contributed by atoms with Gasteiger partial charge in [-0.1, -0.05) is 72.8 Å². The summed E-state index contributed by atoms with van der Waals surface area (Å²) in [4.78, 5) is 25.6. The maximum atomic E-state index is 13.0. The van der Waals surface area contributed by atoms with Crippen molar-refractivity contribution in [1.29, 1.82) is 0 Å². The van der Waals surface area contributed by atoms with Crippen molar-refractivity contribution < 1.29 is 9.59 Å². The summed E-state index contributed by atoms with van der Waals surface area (Å²) in [5.74, 6) is 0.261. The van der Waals surface area contributed by atoms with Crippen molar-refractivity contribution in [3.8, 4) is 16.8 Å². The third-order valence-corrected chi connectivity index (χ3v) is 6.32. The van der Waals surface area contributed by atoms with Gasteiger partial charge in [0.25, 0.3) is 0 Å². The third kappa shape index (κ3) is 6.94. The molecule has 0 aliphatic heterocycles. The summed E-state index contributed by atoms with van der Waals surface area (Å²) in [6.07, 6.45) is 1.95. The Kier molecular flexibility index (Phi) is 8.52. The van der Waals surface area contributed by atoms with Crippen LogP contribution in [0.1, 0.15) is 43.0 Å².